The van der Waals surface area contributed by atoms with E-state index < -0.39 is 0 Å². The molecule has 3 heteroatoms. The Balaban J connectivity index is 1.63. The Bertz CT molecular complexity index is 433. The van der Waals surface area contributed by atoms with Crippen LogP contribution in [-0.4, -0.2) is 30.4 Å². The van der Waals surface area contributed by atoms with Crippen molar-refractivity contribution < 1.29 is 9.84 Å². The van der Waals surface area contributed by atoms with Crippen LogP contribution in [0.5, 0.6) is 5.75 Å². The molecule has 0 aromatic heterocycles. The number of hydrogen-bond donors (Lipinski definition) is 2. The van der Waals surface area contributed by atoms with Gasteiger partial charge < -0.3 is 15.2 Å². The minimum atomic E-state index is -0.166. The van der Waals surface area contributed by atoms with Crippen molar-refractivity contribution in [2.24, 2.45) is 5.92 Å². The van der Waals surface area contributed by atoms with Gasteiger partial charge in [0.2, 0.25) is 0 Å². The van der Waals surface area contributed by atoms with Gasteiger partial charge in [-0.1, -0.05) is 17.7 Å². The highest BCUT2D eigenvalue weighted by molar-refractivity contribution is 5.40. The number of fused-ring (bicyclic) bond motifs is 1. The Kier molecular flexibility index (Phi) is 3.27. The molecule has 0 aliphatic carbocycles. The molecule has 0 saturated carbocycles. The molecule has 3 unspecified atom stereocenters. The molecule has 2 heterocycles. The number of aliphatic hydroxyl groups is 1. The summed E-state index contributed by atoms with van der Waals surface area (Å²) in [6.45, 7) is 3.96. The van der Waals surface area contributed by atoms with Gasteiger partial charge in [0.25, 0.3) is 0 Å². The number of benzene rings is 1. The summed E-state index contributed by atoms with van der Waals surface area (Å²) in [6, 6.07) is 6.38. The van der Waals surface area contributed by atoms with Crippen molar-refractivity contribution in [1.29, 1.82) is 0 Å². The lowest BCUT2D eigenvalue weighted by atomic mass is 9.89. The first kappa shape index (κ1) is 12.0. The van der Waals surface area contributed by atoms with Crippen molar-refractivity contribution in [1.82, 2.24) is 5.32 Å². The molecule has 3 nitrogen and oxygen atoms in total. The highest BCUT2D eigenvalue weighted by Crippen LogP contribution is 2.32. The molecule has 1 aromatic carbocycles. The van der Waals surface area contributed by atoms with Gasteiger partial charge >= 0.3 is 0 Å². The van der Waals surface area contributed by atoms with Crippen LogP contribution in [-0.2, 0) is 6.42 Å². The van der Waals surface area contributed by atoms with Crippen LogP contribution in [0.4, 0.5) is 0 Å². The Hall–Kier alpha value is -1.06. The van der Waals surface area contributed by atoms with Gasteiger partial charge in [0.15, 0.2) is 0 Å². The van der Waals surface area contributed by atoms with Crippen LogP contribution < -0.4 is 10.1 Å². The van der Waals surface area contributed by atoms with Crippen molar-refractivity contribution >= 4 is 0 Å². The Morgan fingerprint density at radius 1 is 1.44 bits per heavy atom. The molecule has 98 valence electrons. The summed E-state index contributed by atoms with van der Waals surface area (Å²) in [5, 5.41) is 13.3. The number of aryl methyl sites for hydroxylation is 1. The second-order valence-corrected chi connectivity index (χ2v) is 5.61. The van der Waals surface area contributed by atoms with Gasteiger partial charge in [0.05, 0.1) is 6.10 Å². The standard InChI is InChI=1S/C15H21NO2/c1-10-2-3-15-11(6-10)7-13(18-15)8-12-9-16-5-4-14(12)17/h2-3,6,12-14,16-17H,4-5,7-9H2,1H3. The third kappa shape index (κ3) is 2.38. The van der Waals surface area contributed by atoms with Crippen molar-refractivity contribution in [3.63, 3.8) is 0 Å². The Morgan fingerprint density at radius 2 is 2.33 bits per heavy atom. The van der Waals surface area contributed by atoms with Crippen LogP contribution in [0.1, 0.15) is 24.0 Å². The lowest BCUT2D eigenvalue weighted by Gasteiger charge is -2.30. The van der Waals surface area contributed by atoms with E-state index in [1.807, 2.05) is 0 Å². The monoisotopic (exact) mass is 247 g/mol. The maximum absolute atomic E-state index is 9.99. The van der Waals surface area contributed by atoms with Crippen molar-refractivity contribution in [2.45, 2.75) is 38.4 Å². The molecule has 2 N–H and O–H groups in total. The fourth-order valence-electron chi connectivity index (χ4n) is 3.07. The first-order valence-corrected chi connectivity index (χ1v) is 6.87. The topological polar surface area (TPSA) is 41.5 Å². The summed E-state index contributed by atoms with van der Waals surface area (Å²) >= 11 is 0. The highest BCUT2D eigenvalue weighted by atomic mass is 16.5. The first-order chi connectivity index (χ1) is 8.72. The lowest BCUT2D eigenvalue weighted by Crippen LogP contribution is -2.41. The summed E-state index contributed by atoms with van der Waals surface area (Å²) in [5.74, 6) is 1.36. The van der Waals surface area contributed by atoms with Gasteiger partial charge in [-0.05, 0) is 37.9 Å². The average molecular weight is 247 g/mol. The predicted molar refractivity (Wildman–Crippen MR) is 70.9 cm³/mol. The van der Waals surface area contributed by atoms with E-state index >= 15 is 0 Å². The van der Waals surface area contributed by atoms with Crippen LogP contribution in [0.2, 0.25) is 0 Å². The molecule has 0 radical (unpaired) electrons. The van der Waals surface area contributed by atoms with Crippen LogP contribution >= 0.6 is 0 Å². The molecule has 18 heavy (non-hydrogen) atoms. The quantitative estimate of drug-likeness (QED) is 0.835. The second kappa shape index (κ2) is 4.90. The van der Waals surface area contributed by atoms with Crippen molar-refractivity contribution in [2.75, 3.05) is 13.1 Å². The zero-order valence-corrected chi connectivity index (χ0v) is 10.9. The van der Waals surface area contributed by atoms with Crippen LogP contribution in [0.3, 0.4) is 0 Å². The predicted octanol–water partition coefficient (Wildman–Crippen LogP) is 1.66. The van der Waals surface area contributed by atoms with E-state index in [0.29, 0.717) is 5.92 Å². The average Bonchev–Trinajstić information content (AvgIpc) is 2.73. The molecule has 0 bridgehead atoms. The van der Waals surface area contributed by atoms with E-state index in [0.717, 1.165) is 38.1 Å². The zero-order chi connectivity index (χ0) is 12.5. The van der Waals surface area contributed by atoms with Gasteiger partial charge in [-0.15, -0.1) is 0 Å². The summed E-state index contributed by atoms with van der Waals surface area (Å²) in [5.41, 5.74) is 2.61. The highest BCUT2D eigenvalue weighted by Gasteiger charge is 2.30. The van der Waals surface area contributed by atoms with Gasteiger partial charge in [0, 0.05) is 18.9 Å². The van der Waals surface area contributed by atoms with Crippen LogP contribution in [0, 0.1) is 12.8 Å². The Labute approximate surface area is 108 Å². The fraction of sp³-hybridized carbons (Fsp3) is 0.600. The molecule has 0 spiro atoms. The molecular formula is C15H21NO2. The third-order valence-corrected chi connectivity index (χ3v) is 4.09. The first-order valence-electron chi connectivity index (χ1n) is 6.87. The number of hydrogen-bond acceptors (Lipinski definition) is 3. The van der Waals surface area contributed by atoms with E-state index in [1.54, 1.807) is 0 Å². The molecule has 1 fully saturated rings. The van der Waals surface area contributed by atoms with E-state index in [2.05, 4.69) is 30.4 Å². The minimum Gasteiger partial charge on any atom is -0.490 e. The molecule has 3 atom stereocenters. The minimum absolute atomic E-state index is 0.166. The lowest BCUT2D eigenvalue weighted by molar-refractivity contribution is 0.0526. The SMILES string of the molecule is Cc1ccc2c(c1)CC(CC1CNCCC1O)O2. The molecular weight excluding hydrogens is 226 g/mol. The molecule has 2 aliphatic heterocycles. The van der Waals surface area contributed by atoms with Gasteiger partial charge in [-0.3, -0.25) is 0 Å². The molecule has 0 amide bonds. The van der Waals surface area contributed by atoms with Gasteiger partial charge in [0.1, 0.15) is 11.9 Å². The number of piperidine rings is 1. The molecule has 1 aromatic rings. The normalized spacial score (nSPS) is 30.9. The van der Waals surface area contributed by atoms with E-state index in [1.165, 1.54) is 11.1 Å². The van der Waals surface area contributed by atoms with Gasteiger partial charge in [-0.25, -0.2) is 0 Å². The van der Waals surface area contributed by atoms with Crippen molar-refractivity contribution in [3.05, 3.63) is 29.3 Å². The number of ether oxygens (including phenoxy) is 1. The molecule has 3 rings (SSSR count). The number of aliphatic hydroxyl groups excluding tert-OH is 1. The summed E-state index contributed by atoms with van der Waals surface area (Å²) in [7, 11) is 0. The summed E-state index contributed by atoms with van der Waals surface area (Å²) < 4.78 is 5.97. The number of nitrogens with one attached hydrogen (secondary N) is 1. The zero-order valence-electron chi connectivity index (χ0n) is 10.9. The largest absolute Gasteiger partial charge is 0.490 e. The fourth-order valence-corrected chi connectivity index (χ4v) is 3.07. The maximum atomic E-state index is 9.99. The summed E-state index contributed by atoms with van der Waals surface area (Å²) in [6.07, 6.45) is 2.87. The molecule has 2 aliphatic rings. The Morgan fingerprint density at radius 3 is 3.17 bits per heavy atom. The van der Waals surface area contributed by atoms with Crippen molar-refractivity contribution in [3.8, 4) is 5.75 Å². The third-order valence-electron chi connectivity index (χ3n) is 4.09. The van der Waals surface area contributed by atoms with E-state index in [9.17, 15) is 5.11 Å². The van der Waals surface area contributed by atoms with E-state index in [-0.39, 0.29) is 12.2 Å². The number of rotatable bonds is 2. The smallest absolute Gasteiger partial charge is 0.123 e. The maximum Gasteiger partial charge on any atom is 0.123 e. The summed E-state index contributed by atoms with van der Waals surface area (Å²) in [4.78, 5) is 0. The van der Waals surface area contributed by atoms with Crippen LogP contribution in [0.15, 0.2) is 18.2 Å². The molecule has 1 saturated heterocycles. The van der Waals surface area contributed by atoms with E-state index in [4.69, 9.17) is 4.74 Å². The van der Waals surface area contributed by atoms with Crippen LogP contribution in [0.25, 0.3) is 0 Å². The second-order valence-electron chi connectivity index (χ2n) is 5.61. The van der Waals surface area contributed by atoms with Gasteiger partial charge in [-0.2, -0.15) is 0 Å².